The van der Waals surface area contributed by atoms with Gasteiger partial charge >= 0.3 is 0 Å². The van der Waals surface area contributed by atoms with Crippen molar-refractivity contribution in [3.8, 4) is 0 Å². The molecule has 3 atom stereocenters. The fraction of sp³-hybridized carbons (Fsp3) is 0.857. The number of hydrogen-bond donors (Lipinski definition) is 3. The number of hydrogen-bond acceptors (Lipinski definition) is 6. The van der Waals surface area contributed by atoms with Crippen LogP contribution in [0.2, 0.25) is 0 Å². The first-order valence-electron chi connectivity index (χ1n) is 3.82. The molecule has 3 N–H and O–H groups in total. The van der Waals surface area contributed by atoms with E-state index in [2.05, 4.69) is 0 Å². The summed E-state index contributed by atoms with van der Waals surface area (Å²) >= 11 is 0. The van der Waals surface area contributed by atoms with E-state index in [9.17, 15) is 9.90 Å². The summed E-state index contributed by atoms with van der Waals surface area (Å²) in [5.74, 6) is 0. The van der Waals surface area contributed by atoms with E-state index in [1.165, 1.54) is 0 Å². The van der Waals surface area contributed by atoms with Crippen LogP contribution in [-0.2, 0) is 14.3 Å². The average molecular weight is 192 g/mol. The van der Waals surface area contributed by atoms with Crippen LogP contribution in [0.15, 0.2) is 0 Å². The van der Waals surface area contributed by atoms with Crippen molar-refractivity contribution in [2.45, 2.75) is 17.8 Å². The Balaban J connectivity index is 2.78. The van der Waals surface area contributed by atoms with Crippen LogP contribution in [-0.4, -0.2) is 59.4 Å². The second kappa shape index (κ2) is 4.12. The SMILES string of the molecule is O=C[C@]1(CO)OCO[C@H](CO)[C@H]1O. The fourth-order valence-electron chi connectivity index (χ4n) is 1.16. The first kappa shape index (κ1) is 10.6. The maximum absolute atomic E-state index is 10.6. The van der Waals surface area contributed by atoms with Gasteiger partial charge in [0.15, 0.2) is 11.9 Å². The summed E-state index contributed by atoms with van der Waals surface area (Å²) in [5, 5.41) is 27.1. The molecule has 0 bridgehead atoms. The molecule has 1 rings (SSSR count). The van der Waals surface area contributed by atoms with Crippen LogP contribution in [0.4, 0.5) is 0 Å². The molecular weight excluding hydrogens is 180 g/mol. The quantitative estimate of drug-likeness (QED) is 0.433. The highest BCUT2D eigenvalue weighted by atomic mass is 16.7. The number of ether oxygens (including phenoxy) is 2. The molecule has 1 aliphatic heterocycles. The zero-order chi connectivity index (χ0) is 9.90. The molecule has 1 aliphatic rings. The van der Waals surface area contributed by atoms with Gasteiger partial charge in [0.1, 0.15) is 19.0 Å². The molecule has 0 amide bonds. The summed E-state index contributed by atoms with van der Waals surface area (Å²) in [6, 6.07) is 0. The third kappa shape index (κ3) is 1.72. The second-order valence-corrected chi connectivity index (χ2v) is 2.83. The molecule has 76 valence electrons. The molecule has 0 aromatic carbocycles. The summed E-state index contributed by atoms with van der Waals surface area (Å²) in [4.78, 5) is 10.6. The molecule has 0 aliphatic carbocycles. The highest BCUT2D eigenvalue weighted by Gasteiger charge is 2.46. The predicted octanol–water partition coefficient (Wildman–Crippen LogP) is -2.36. The van der Waals surface area contributed by atoms with E-state index in [0.29, 0.717) is 6.29 Å². The van der Waals surface area contributed by atoms with Gasteiger partial charge in [-0.25, -0.2) is 0 Å². The Labute approximate surface area is 74.7 Å². The molecule has 1 fully saturated rings. The van der Waals surface area contributed by atoms with Gasteiger partial charge in [-0.2, -0.15) is 0 Å². The Bertz CT molecular complexity index is 184. The standard InChI is InChI=1S/C7H12O6/c8-1-5-6(11)7(2-9,3-10)13-4-12-5/h2,5-6,8,10-11H,1,3-4H2/t5-,6-,7-/m1/s1. The molecule has 0 aromatic rings. The average Bonchev–Trinajstić information content (AvgIpc) is 2.19. The number of aliphatic hydroxyl groups is 3. The Morgan fingerprint density at radius 3 is 2.69 bits per heavy atom. The molecule has 6 heteroatoms. The van der Waals surface area contributed by atoms with Crippen molar-refractivity contribution in [3.63, 3.8) is 0 Å². The molecule has 0 spiro atoms. The van der Waals surface area contributed by atoms with Gasteiger partial charge in [-0.05, 0) is 0 Å². The summed E-state index contributed by atoms with van der Waals surface area (Å²) in [6.45, 7) is -1.31. The van der Waals surface area contributed by atoms with E-state index < -0.39 is 31.0 Å². The zero-order valence-corrected chi connectivity index (χ0v) is 6.92. The smallest absolute Gasteiger partial charge is 0.177 e. The van der Waals surface area contributed by atoms with Crippen LogP contribution < -0.4 is 0 Å². The van der Waals surface area contributed by atoms with E-state index in [1.54, 1.807) is 0 Å². The number of carbonyl (C=O) groups excluding carboxylic acids is 1. The fourth-order valence-corrected chi connectivity index (χ4v) is 1.16. The number of carbonyl (C=O) groups is 1. The minimum Gasteiger partial charge on any atom is -0.394 e. The van der Waals surface area contributed by atoms with Gasteiger partial charge in [-0.1, -0.05) is 0 Å². The van der Waals surface area contributed by atoms with Crippen LogP contribution >= 0.6 is 0 Å². The van der Waals surface area contributed by atoms with Gasteiger partial charge in [-0.15, -0.1) is 0 Å². The highest BCUT2D eigenvalue weighted by Crippen LogP contribution is 2.22. The Kier molecular flexibility index (Phi) is 3.34. The first-order chi connectivity index (χ1) is 6.20. The summed E-state index contributed by atoms with van der Waals surface area (Å²) in [5.41, 5.74) is -1.66. The minimum atomic E-state index is -1.66. The normalized spacial score (nSPS) is 40.2. The third-order valence-electron chi connectivity index (χ3n) is 2.09. The summed E-state index contributed by atoms with van der Waals surface area (Å²) in [7, 11) is 0. The van der Waals surface area contributed by atoms with E-state index >= 15 is 0 Å². The van der Waals surface area contributed by atoms with Crippen molar-refractivity contribution >= 4 is 6.29 Å². The summed E-state index contributed by atoms with van der Waals surface area (Å²) in [6.07, 6.45) is -1.93. The molecule has 6 nitrogen and oxygen atoms in total. The summed E-state index contributed by atoms with van der Waals surface area (Å²) < 4.78 is 9.61. The molecule has 0 unspecified atom stereocenters. The zero-order valence-electron chi connectivity index (χ0n) is 6.92. The van der Waals surface area contributed by atoms with Crippen LogP contribution in [0, 0.1) is 0 Å². The maximum Gasteiger partial charge on any atom is 0.177 e. The number of aliphatic hydroxyl groups excluding tert-OH is 3. The highest BCUT2D eigenvalue weighted by molar-refractivity contribution is 5.64. The van der Waals surface area contributed by atoms with E-state index in [-0.39, 0.29) is 6.79 Å². The van der Waals surface area contributed by atoms with Gasteiger partial charge in [0.05, 0.1) is 13.2 Å². The van der Waals surface area contributed by atoms with Crippen molar-refractivity contribution < 1.29 is 29.6 Å². The minimum absolute atomic E-state index is 0.235. The second-order valence-electron chi connectivity index (χ2n) is 2.83. The van der Waals surface area contributed by atoms with Crippen molar-refractivity contribution in [2.24, 2.45) is 0 Å². The largest absolute Gasteiger partial charge is 0.394 e. The lowest BCUT2D eigenvalue weighted by Crippen LogP contribution is -2.60. The van der Waals surface area contributed by atoms with Gasteiger partial charge < -0.3 is 24.8 Å². The van der Waals surface area contributed by atoms with E-state index in [4.69, 9.17) is 19.7 Å². The monoisotopic (exact) mass is 192 g/mol. The number of rotatable bonds is 3. The maximum atomic E-state index is 10.6. The Hall–Kier alpha value is -0.530. The molecule has 1 heterocycles. The van der Waals surface area contributed by atoms with Crippen molar-refractivity contribution in [1.29, 1.82) is 0 Å². The van der Waals surface area contributed by atoms with Crippen LogP contribution in [0.5, 0.6) is 0 Å². The van der Waals surface area contributed by atoms with Crippen molar-refractivity contribution in [1.82, 2.24) is 0 Å². The molecule has 1 saturated heterocycles. The predicted molar refractivity (Wildman–Crippen MR) is 39.8 cm³/mol. The van der Waals surface area contributed by atoms with Crippen LogP contribution in [0.25, 0.3) is 0 Å². The molecule has 0 saturated carbocycles. The van der Waals surface area contributed by atoms with Crippen LogP contribution in [0.3, 0.4) is 0 Å². The number of aldehydes is 1. The lowest BCUT2D eigenvalue weighted by molar-refractivity contribution is -0.275. The third-order valence-corrected chi connectivity index (χ3v) is 2.09. The molecule has 13 heavy (non-hydrogen) atoms. The van der Waals surface area contributed by atoms with Gasteiger partial charge in [0.2, 0.25) is 0 Å². The van der Waals surface area contributed by atoms with Crippen molar-refractivity contribution in [3.05, 3.63) is 0 Å². The molecule has 0 aromatic heterocycles. The van der Waals surface area contributed by atoms with E-state index in [0.717, 1.165) is 0 Å². The Morgan fingerprint density at radius 2 is 2.23 bits per heavy atom. The van der Waals surface area contributed by atoms with Gasteiger partial charge in [0.25, 0.3) is 0 Å². The Morgan fingerprint density at radius 1 is 1.54 bits per heavy atom. The first-order valence-corrected chi connectivity index (χ1v) is 3.82. The molecular formula is C7H12O6. The van der Waals surface area contributed by atoms with Gasteiger partial charge in [-0.3, -0.25) is 4.79 Å². The van der Waals surface area contributed by atoms with Crippen LogP contribution in [0.1, 0.15) is 0 Å². The lowest BCUT2D eigenvalue weighted by Gasteiger charge is -2.39. The van der Waals surface area contributed by atoms with Gasteiger partial charge in [0, 0.05) is 0 Å². The topological polar surface area (TPSA) is 96.2 Å². The molecule has 0 radical (unpaired) electrons. The lowest BCUT2D eigenvalue weighted by atomic mass is 9.94. The van der Waals surface area contributed by atoms with E-state index in [1.807, 2.05) is 0 Å². The van der Waals surface area contributed by atoms with Crippen molar-refractivity contribution in [2.75, 3.05) is 20.0 Å².